The molecule has 0 atom stereocenters. The summed E-state index contributed by atoms with van der Waals surface area (Å²) in [6, 6.07) is 7.40. The lowest BCUT2D eigenvalue weighted by Gasteiger charge is -2.02. The van der Waals surface area contributed by atoms with Gasteiger partial charge in [-0.2, -0.15) is 0 Å². The van der Waals surface area contributed by atoms with E-state index in [1.165, 1.54) is 6.92 Å². The number of benzene rings is 1. The first kappa shape index (κ1) is 9.93. The van der Waals surface area contributed by atoms with Gasteiger partial charge in [-0.3, -0.25) is 4.79 Å². The largest absolute Gasteiger partial charge is 0.304 e. The van der Waals surface area contributed by atoms with Gasteiger partial charge in [0.25, 0.3) is 0 Å². The van der Waals surface area contributed by atoms with Crippen LogP contribution in [0.15, 0.2) is 36.8 Å². The Hall–Kier alpha value is -1.61. The maximum atomic E-state index is 11.1. The second-order valence-corrected chi connectivity index (χ2v) is 3.58. The Kier molecular flexibility index (Phi) is 2.56. The van der Waals surface area contributed by atoms with Crippen molar-refractivity contribution in [3.8, 4) is 5.69 Å². The highest BCUT2D eigenvalue weighted by Crippen LogP contribution is 2.19. The maximum Gasteiger partial charge on any atom is 0.179 e. The van der Waals surface area contributed by atoms with Crippen LogP contribution in [0.25, 0.3) is 5.69 Å². The number of carbonyl (C=O) groups is 1. The van der Waals surface area contributed by atoms with E-state index in [-0.39, 0.29) is 5.78 Å². The van der Waals surface area contributed by atoms with Gasteiger partial charge in [0.15, 0.2) is 5.78 Å². The minimum atomic E-state index is -0.0548. The quantitative estimate of drug-likeness (QED) is 0.730. The van der Waals surface area contributed by atoms with E-state index in [9.17, 15) is 4.79 Å². The second kappa shape index (κ2) is 3.87. The molecule has 0 fully saturated rings. The SMILES string of the molecule is CC(=O)c1cn(-c2ccccc2Cl)cn1. The van der Waals surface area contributed by atoms with Gasteiger partial charge in [-0.1, -0.05) is 23.7 Å². The predicted octanol–water partition coefficient (Wildman–Crippen LogP) is 2.73. The average molecular weight is 221 g/mol. The Morgan fingerprint density at radius 1 is 1.40 bits per heavy atom. The fourth-order valence-corrected chi connectivity index (χ4v) is 1.53. The van der Waals surface area contributed by atoms with Crippen molar-refractivity contribution >= 4 is 17.4 Å². The number of hydrogen-bond donors (Lipinski definition) is 0. The van der Waals surface area contributed by atoms with Crippen molar-refractivity contribution in [1.29, 1.82) is 0 Å². The number of Topliss-reactive ketones (excluding diaryl/α,β-unsaturated/α-hetero) is 1. The minimum absolute atomic E-state index is 0.0548. The third-order valence-electron chi connectivity index (χ3n) is 2.07. The summed E-state index contributed by atoms with van der Waals surface area (Å²) in [6.45, 7) is 1.49. The number of para-hydroxylation sites is 1. The average Bonchev–Trinajstić information content (AvgIpc) is 2.67. The molecule has 76 valence electrons. The fraction of sp³-hybridized carbons (Fsp3) is 0.0909. The lowest BCUT2D eigenvalue weighted by molar-refractivity contribution is 0.101. The summed E-state index contributed by atoms with van der Waals surface area (Å²) in [7, 11) is 0. The molecule has 0 aliphatic heterocycles. The van der Waals surface area contributed by atoms with Crippen molar-refractivity contribution in [2.75, 3.05) is 0 Å². The van der Waals surface area contributed by atoms with Crippen molar-refractivity contribution in [2.45, 2.75) is 6.92 Å². The topological polar surface area (TPSA) is 34.9 Å². The van der Waals surface area contributed by atoms with Crippen molar-refractivity contribution < 1.29 is 4.79 Å². The number of rotatable bonds is 2. The molecule has 3 nitrogen and oxygen atoms in total. The summed E-state index contributed by atoms with van der Waals surface area (Å²) in [5.74, 6) is -0.0548. The number of aromatic nitrogens is 2. The lowest BCUT2D eigenvalue weighted by Crippen LogP contribution is -1.92. The molecule has 0 amide bonds. The molecular formula is C11H9ClN2O. The second-order valence-electron chi connectivity index (χ2n) is 3.17. The van der Waals surface area contributed by atoms with Crippen LogP contribution in [0.2, 0.25) is 5.02 Å². The molecule has 1 aromatic heterocycles. The molecule has 2 rings (SSSR count). The molecular weight excluding hydrogens is 212 g/mol. The molecule has 4 heteroatoms. The third kappa shape index (κ3) is 1.92. The Labute approximate surface area is 92.3 Å². The molecule has 0 spiro atoms. The van der Waals surface area contributed by atoms with Crippen molar-refractivity contribution in [3.63, 3.8) is 0 Å². The van der Waals surface area contributed by atoms with Crippen LogP contribution < -0.4 is 0 Å². The first-order valence-electron chi connectivity index (χ1n) is 4.48. The molecule has 0 saturated heterocycles. The molecule has 0 aliphatic carbocycles. The number of imidazole rings is 1. The summed E-state index contributed by atoms with van der Waals surface area (Å²) in [5.41, 5.74) is 1.26. The van der Waals surface area contributed by atoms with E-state index in [0.29, 0.717) is 10.7 Å². The zero-order valence-electron chi connectivity index (χ0n) is 8.14. The van der Waals surface area contributed by atoms with Crippen molar-refractivity contribution in [3.05, 3.63) is 47.5 Å². The van der Waals surface area contributed by atoms with Crippen molar-refractivity contribution in [1.82, 2.24) is 9.55 Å². The van der Waals surface area contributed by atoms with Crippen LogP contribution >= 0.6 is 11.6 Å². The number of hydrogen-bond acceptors (Lipinski definition) is 2. The summed E-state index contributed by atoms with van der Waals surface area (Å²) >= 11 is 6.01. The van der Waals surface area contributed by atoms with Crippen LogP contribution in [0.4, 0.5) is 0 Å². The number of ketones is 1. The molecule has 15 heavy (non-hydrogen) atoms. The van der Waals surface area contributed by atoms with E-state index in [0.717, 1.165) is 5.69 Å². The van der Waals surface area contributed by atoms with Gasteiger partial charge in [0.05, 0.1) is 10.7 Å². The predicted molar refractivity (Wildman–Crippen MR) is 58.6 cm³/mol. The highest BCUT2D eigenvalue weighted by Gasteiger charge is 2.06. The molecule has 0 aliphatic rings. The Balaban J connectivity index is 2.46. The Bertz CT molecular complexity index is 505. The van der Waals surface area contributed by atoms with Crippen LogP contribution in [0.5, 0.6) is 0 Å². The summed E-state index contributed by atoms with van der Waals surface area (Å²) < 4.78 is 1.74. The van der Waals surface area contributed by atoms with Crippen LogP contribution in [-0.4, -0.2) is 15.3 Å². The van der Waals surface area contributed by atoms with Gasteiger partial charge in [0, 0.05) is 13.1 Å². The molecule has 0 saturated carbocycles. The van der Waals surface area contributed by atoms with E-state index in [1.807, 2.05) is 18.2 Å². The van der Waals surface area contributed by atoms with Crippen LogP contribution in [0.1, 0.15) is 17.4 Å². The zero-order chi connectivity index (χ0) is 10.8. The summed E-state index contributed by atoms with van der Waals surface area (Å²) in [6.07, 6.45) is 3.25. The molecule has 2 aromatic rings. The molecule has 0 bridgehead atoms. The smallest absolute Gasteiger partial charge is 0.179 e. The highest BCUT2D eigenvalue weighted by molar-refractivity contribution is 6.32. The van der Waals surface area contributed by atoms with E-state index in [1.54, 1.807) is 23.2 Å². The van der Waals surface area contributed by atoms with Gasteiger partial charge in [-0.15, -0.1) is 0 Å². The monoisotopic (exact) mass is 220 g/mol. The molecule has 1 aromatic carbocycles. The van der Waals surface area contributed by atoms with Gasteiger partial charge in [0.1, 0.15) is 12.0 Å². The third-order valence-corrected chi connectivity index (χ3v) is 2.39. The zero-order valence-corrected chi connectivity index (χ0v) is 8.90. The van der Waals surface area contributed by atoms with Gasteiger partial charge >= 0.3 is 0 Å². The first-order chi connectivity index (χ1) is 7.18. The molecule has 0 radical (unpaired) electrons. The molecule has 0 N–H and O–H groups in total. The lowest BCUT2D eigenvalue weighted by atomic mass is 10.3. The number of halogens is 1. The van der Waals surface area contributed by atoms with Gasteiger partial charge in [0.2, 0.25) is 0 Å². The number of carbonyl (C=O) groups excluding carboxylic acids is 1. The van der Waals surface area contributed by atoms with Crippen LogP contribution in [-0.2, 0) is 0 Å². The van der Waals surface area contributed by atoms with Crippen LogP contribution in [0, 0.1) is 0 Å². The summed E-state index contributed by atoms with van der Waals surface area (Å²) in [5, 5.41) is 0.630. The normalized spacial score (nSPS) is 10.3. The fourth-order valence-electron chi connectivity index (χ4n) is 1.30. The van der Waals surface area contributed by atoms with Gasteiger partial charge in [-0.05, 0) is 12.1 Å². The standard InChI is InChI=1S/C11H9ClN2O/c1-8(15)10-6-14(7-13-10)11-5-3-2-4-9(11)12/h2-7H,1H3. The van der Waals surface area contributed by atoms with Crippen LogP contribution in [0.3, 0.4) is 0 Å². The number of nitrogens with zero attached hydrogens (tertiary/aromatic N) is 2. The summed E-state index contributed by atoms with van der Waals surface area (Å²) in [4.78, 5) is 15.1. The van der Waals surface area contributed by atoms with E-state index in [2.05, 4.69) is 4.98 Å². The molecule has 1 heterocycles. The maximum absolute atomic E-state index is 11.1. The highest BCUT2D eigenvalue weighted by atomic mass is 35.5. The van der Waals surface area contributed by atoms with E-state index < -0.39 is 0 Å². The Morgan fingerprint density at radius 3 is 2.73 bits per heavy atom. The molecule has 0 unspecified atom stereocenters. The van der Waals surface area contributed by atoms with Gasteiger partial charge in [-0.25, -0.2) is 4.98 Å². The van der Waals surface area contributed by atoms with E-state index >= 15 is 0 Å². The minimum Gasteiger partial charge on any atom is -0.304 e. The van der Waals surface area contributed by atoms with E-state index in [4.69, 9.17) is 11.6 Å². The van der Waals surface area contributed by atoms with Gasteiger partial charge < -0.3 is 4.57 Å². The Morgan fingerprint density at radius 2 is 2.13 bits per heavy atom. The van der Waals surface area contributed by atoms with Crippen molar-refractivity contribution in [2.24, 2.45) is 0 Å². The first-order valence-corrected chi connectivity index (χ1v) is 4.86.